The molecule has 1 atom stereocenters. The molecule has 0 aliphatic heterocycles. The van der Waals surface area contributed by atoms with Gasteiger partial charge in [0.05, 0.1) is 6.61 Å². The summed E-state index contributed by atoms with van der Waals surface area (Å²) < 4.78 is 5.40. The largest absolute Gasteiger partial charge is 0.494 e. The third-order valence-corrected chi connectivity index (χ3v) is 2.37. The van der Waals surface area contributed by atoms with Crippen molar-refractivity contribution in [2.24, 2.45) is 0 Å². The number of hydrogen-bond donors (Lipinski definition) is 2. The third kappa shape index (κ3) is 2.73. The molecule has 0 aliphatic carbocycles. The second-order valence-corrected chi connectivity index (χ2v) is 3.52. The highest BCUT2D eigenvalue weighted by Crippen LogP contribution is 2.22. The van der Waals surface area contributed by atoms with E-state index >= 15 is 0 Å². The molecule has 0 amide bonds. The lowest BCUT2D eigenvalue weighted by molar-refractivity contribution is -0.139. The number of hydrogen-bond acceptors (Lipinski definition) is 3. The normalized spacial score (nSPS) is 12.2. The van der Waals surface area contributed by atoms with Gasteiger partial charge in [0, 0.05) is 0 Å². The van der Waals surface area contributed by atoms with E-state index in [2.05, 4.69) is 5.32 Å². The fourth-order valence-corrected chi connectivity index (χ4v) is 1.60. The summed E-state index contributed by atoms with van der Waals surface area (Å²) in [7, 11) is 1.63. The van der Waals surface area contributed by atoms with E-state index in [1.165, 1.54) is 0 Å². The summed E-state index contributed by atoms with van der Waals surface area (Å²) in [4.78, 5) is 11.0. The molecule has 0 heterocycles. The van der Waals surface area contributed by atoms with E-state index in [4.69, 9.17) is 9.84 Å². The first kappa shape index (κ1) is 12.5. The van der Waals surface area contributed by atoms with Crippen molar-refractivity contribution in [2.75, 3.05) is 13.7 Å². The number of ether oxygens (including phenoxy) is 1. The summed E-state index contributed by atoms with van der Waals surface area (Å²) in [5.41, 5.74) is 1.68. The minimum Gasteiger partial charge on any atom is -0.494 e. The molecule has 0 spiro atoms. The molecule has 1 aromatic carbocycles. The lowest BCUT2D eigenvalue weighted by Gasteiger charge is -2.14. The molecule has 88 valence electrons. The molecule has 1 aromatic rings. The summed E-state index contributed by atoms with van der Waals surface area (Å²) in [5.74, 6) is -0.0856. The van der Waals surface area contributed by atoms with Crippen LogP contribution >= 0.6 is 0 Å². The van der Waals surface area contributed by atoms with Crippen molar-refractivity contribution in [3.8, 4) is 5.75 Å². The van der Waals surface area contributed by atoms with E-state index < -0.39 is 12.0 Å². The van der Waals surface area contributed by atoms with Crippen LogP contribution in [0.15, 0.2) is 18.2 Å². The third-order valence-electron chi connectivity index (χ3n) is 2.37. The molecule has 0 aliphatic rings. The minimum absolute atomic E-state index is 0.606. The van der Waals surface area contributed by atoms with Gasteiger partial charge in [-0.1, -0.05) is 12.1 Å². The molecule has 4 nitrogen and oxygen atoms in total. The van der Waals surface area contributed by atoms with Gasteiger partial charge in [-0.15, -0.1) is 0 Å². The van der Waals surface area contributed by atoms with E-state index in [1.54, 1.807) is 19.2 Å². The second-order valence-electron chi connectivity index (χ2n) is 3.52. The molecular weight excluding hydrogens is 206 g/mol. The van der Waals surface area contributed by atoms with Gasteiger partial charge in [-0.05, 0) is 38.1 Å². The molecule has 0 saturated carbocycles. The lowest BCUT2D eigenvalue weighted by atomic mass is 10.0. The number of benzene rings is 1. The van der Waals surface area contributed by atoms with E-state index in [-0.39, 0.29) is 0 Å². The van der Waals surface area contributed by atoms with Gasteiger partial charge < -0.3 is 15.2 Å². The van der Waals surface area contributed by atoms with Crippen LogP contribution < -0.4 is 10.1 Å². The highest BCUT2D eigenvalue weighted by Gasteiger charge is 2.17. The predicted octanol–water partition coefficient (Wildman–Crippen LogP) is 1.74. The van der Waals surface area contributed by atoms with Crippen LogP contribution in [-0.4, -0.2) is 24.7 Å². The van der Waals surface area contributed by atoms with Crippen molar-refractivity contribution in [3.05, 3.63) is 29.3 Å². The molecule has 0 bridgehead atoms. The molecule has 0 aromatic heterocycles. The Labute approximate surface area is 95.2 Å². The molecule has 1 unspecified atom stereocenters. The number of rotatable bonds is 5. The van der Waals surface area contributed by atoms with Crippen molar-refractivity contribution >= 4 is 5.97 Å². The standard InChI is InChI=1S/C12H17NO3/c1-4-16-10-6-5-9(7-8(10)2)11(13-3)12(14)15/h5-7,11,13H,4H2,1-3H3,(H,14,15). The zero-order valence-corrected chi connectivity index (χ0v) is 9.78. The number of nitrogens with one attached hydrogen (secondary N) is 1. The van der Waals surface area contributed by atoms with Crippen LogP contribution in [0.1, 0.15) is 24.1 Å². The van der Waals surface area contributed by atoms with Crippen molar-refractivity contribution in [3.63, 3.8) is 0 Å². The first-order valence-electron chi connectivity index (χ1n) is 5.23. The molecule has 4 heteroatoms. The maximum Gasteiger partial charge on any atom is 0.325 e. The first-order chi connectivity index (χ1) is 7.60. The van der Waals surface area contributed by atoms with Crippen LogP contribution in [0.3, 0.4) is 0 Å². The molecule has 2 N–H and O–H groups in total. The fourth-order valence-electron chi connectivity index (χ4n) is 1.60. The highest BCUT2D eigenvalue weighted by molar-refractivity contribution is 5.75. The topological polar surface area (TPSA) is 58.6 Å². The number of carbonyl (C=O) groups is 1. The molecule has 1 rings (SSSR count). The lowest BCUT2D eigenvalue weighted by Crippen LogP contribution is -2.24. The van der Waals surface area contributed by atoms with Gasteiger partial charge in [0.25, 0.3) is 0 Å². The van der Waals surface area contributed by atoms with E-state index in [1.807, 2.05) is 19.9 Å². The van der Waals surface area contributed by atoms with Crippen LogP contribution in [0, 0.1) is 6.92 Å². The van der Waals surface area contributed by atoms with Crippen LogP contribution in [0.2, 0.25) is 0 Å². The molecule has 0 radical (unpaired) electrons. The number of aryl methyl sites for hydroxylation is 1. The van der Waals surface area contributed by atoms with Gasteiger partial charge in [0.15, 0.2) is 0 Å². The zero-order valence-electron chi connectivity index (χ0n) is 9.78. The second kappa shape index (κ2) is 5.51. The monoisotopic (exact) mass is 223 g/mol. The van der Waals surface area contributed by atoms with E-state index in [0.717, 1.165) is 16.9 Å². The summed E-state index contributed by atoms with van der Waals surface area (Å²) in [5, 5.41) is 11.8. The van der Waals surface area contributed by atoms with Gasteiger partial charge in [-0.3, -0.25) is 4.79 Å². The number of likely N-dealkylation sites (N-methyl/N-ethyl adjacent to an activating group) is 1. The van der Waals surface area contributed by atoms with E-state index in [9.17, 15) is 4.79 Å². The van der Waals surface area contributed by atoms with E-state index in [0.29, 0.717) is 6.61 Å². The minimum atomic E-state index is -0.883. The van der Waals surface area contributed by atoms with Crippen LogP contribution in [0.4, 0.5) is 0 Å². The Balaban J connectivity index is 2.99. The Kier molecular flexibility index (Phi) is 4.31. The van der Waals surface area contributed by atoms with Crippen LogP contribution in [-0.2, 0) is 4.79 Å². The smallest absolute Gasteiger partial charge is 0.325 e. The van der Waals surface area contributed by atoms with Crippen molar-refractivity contribution < 1.29 is 14.6 Å². The van der Waals surface area contributed by atoms with Crippen molar-refractivity contribution in [1.82, 2.24) is 5.32 Å². The Morgan fingerprint density at radius 1 is 1.56 bits per heavy atom. The molecule has 0 fully saturated rings. The molecular formula is C12H17NO3. The zero-order chi connectivity index (χ0) is 12.1. The summed E-state index contributed by atoms with van der Waals surface area (Å²) >= 11 is 0. The van der Waals surface area contributed by atoms with Crippen molar-refractivity contribution in [2.45, 2.75) is 19.9 Å². The van der Waals surface area contributed by atoms with Gasteiger partial charge in [-0.25, -0.2) is 0 Å². The average molecular weight is 223 g/mol. The predicted molar refractivity (Wildman–Crippen MR) is 61.8 cm³/mol. The van der Waals surface area contributed by atoms with Crippen LogP contribution in [0.25, 0.3) is 0 Å². The Morgan fingerprint density at radius 2 is 2.25 bits per heavy atom. The molecule has 0 saturated heterocycles. The number of carboxylic acid groups (broad SMARTS) is 1. The van der Waals surface area contributed by atoms with Crippen molar-refractivity contribution in [1.29, 1.82) is 0 Å². The maximum atomic E-state index is 11.0. The molecule has 16 heavy (non-hydrogen) atoms. The maximum absolute atomic E-state index is 11.0. The fraction of sp³-hybridized carbons (Fsp3) is 0.417. The number of carboxylic acids is 1. The average Bonchev–Trinajstić information content (AvgIpc) is 2.22. The van der Waals surface area contributed by atoms with Gasteiger partial charge in [0.1, 0.15) is 11.8 Å². The summed E-state index contributed by atoms with van der Waals surface area (Å²) in [6, 6.07) is 4.74. The number of aliphatic carboxylic acids is 1. The van der Waals surface area contributed by atoms with Gasteiger partial charge >= 0.3 is 5.97 Å². The summed E-state index contributed by atoms with van der Waals surface area (Å²) in [6.45, 7) is 4.43. The van der Waals surface area contributed by atoms with Gasteiger partial charge in [0.2, 0.25) is 0 Å². The Hall–Kier alpha value is -1.55. The van der Waals surface area contributed by atoms with Gasteiger partial charge in [-0.2, -0.15) is 0 Å². The highest BCUT2D eigenvalue weighted by atomic mass is 16.5. The quantitative estimate of drug-likeness (QED) is 0.798. The Bertz CT molecular complexity index is 377. The van der Waals surface area contributed by atoms with Crippen LogP contribution in [0.5, 0.6) is 5.75 Å². The first-order valence-corrected chi connectivity index (χ1v) is 5.23. The SMILES string of the molecule is CCOc1ccc(C(NC)C(=O)O)cc1C. The summed E-state index contributed by atoms with van der Waals surface area (Å²) in [6.07, 6.45) is 0. The Morgan fingerprint density at radius 3 is 2.69 bits per heavy atom.